The van der Waals surface area contributed by atoms with Crippen LogP contribution in [0.4, 0.5) is 4.79 Å². The highest BCUT2D eigenvalue weighted by Gasteiger charge is 2.36. The number of benzene rings is 1. The van der Waals surface area contributed by atoms with E-state index in [2.05, 4.69) is 49.9 Å². The average Bonchev–Trinajstić information content (AvgIpc) is 3.23. The van der Waals surface area contributed by atoms with Gasteiger partial charge in [-0.25, -0.2) is 9.78 Å². The third kappa shape index (κ3) is 5.42. The van der Waals surface area contributed by atoms with Crippen LogP contribution in [-0.4, -0.2) is 75.8 Å². The molecule has 9 heteroatoms. The fourth-order valence-electron chi connectivity index (χ4n) is 4.14. The number of ether oxygens (including phenoxy) is 1. The zero-order valence-corrected chi connectivity index (χ0v) is 21.1. The molecule has 0 spiro atoms. The Bertz CT molecular complexity index is 951. The highest BCUT2D eigenvalue weighted by molar-refractivity contribution is 14.0. The van der Waals surface area contributed by atoms with Gasteiger partial charge in [0.25, 0.3) is 0 Å². The number of fused-ring (bicyclic) bond motifs is 2. The van der Waals surface area contributed by atoms with Crippen LogP contribution in [-0.2, 0) is 11.3 Å². The predicted molar refractivity (Wildman–Crippen MR) is 133 cm³/mol. The molecule has 2 aromatic rings. The number of guanidine groups is 1. The lowest BCUT2D eigenvalue weighted by Crippen LogP contribution is -2.57. The van der Waals surface area contributed by atoms with Crippen molar-refractivity contribution >= 4 is 47.1 Å². The fraction of sp³-hybridized carbons (Fsp3) is 0.591. The van der Waals surface area contributed by atoms with Gasteiger partial charge < -0.3 is 24.4 Å². The van der Waals surface area contributed by atoms with Crippen LogP contribution in [0.25, 0.3) is 11.0 Å². The summed E-state index contributed by atoms with van der Waals surface area (Å²) in [6.45, 7) is 12.3. The molecular formula is C22H33IN6O2. The number of halogens is 1. The number of aryl methyl sites for hydroxylation is 2. The molecule has 0 radical (unpaired) electrons. The van der Waals surface area contributed by atoms with Crippen LogP contribution >= 0.6 is 24.0 Å². The number of aliphatic imine (C=N–C) groups is 1. The maximum absolute atomic E-state index is 12.4. The van der Waals surface area contributed by atoms with Crippen molar-refractivity contribution in [2.45, 2.75) is 52.3 Å². The predicted octanol–water partition coefficient (Wildman–Crippen LogP) is 3.23. The summed E-state index contributed by atoms with van der Waals surface area (Å²) < 4.78 is 7.79. The summed E-state index contributed by atoms with van der Waals surface area (Å²) in [6.07, 6.45) is 0.759. The molecule has 170 valence electrons. The summed E-state index contributed by atoms with van der Waals surface area (Å²) in [5.41, 5.74) is 1.77. The molecule has 0 bridgehead atoms. The lowest BCUT2D eigenvalue weighted by molar-refractivity contribution is 0.0137. The van der Waals surface area contributed by atoms with Gasteiger partial charge in [-0.3, -0.25) is 4.99 Å². The molecule has 1 unspecified atom stereocenters. The van der Waals surface area contributed by atoms with Crippen LogP contribution in [0.1, 0.15) is 33.0 Å². The highest BCUT2D eigenvalue weighted by atomic mass is 127. The van der Waals surface area contributed by atoms with Crippen molar-refractivity contribution < 1.29 is 9.53 Å². The molecule has 2 aliphatic rings. The molecule has 31 heavy (non-hydrogen) atoms. The molecule has 1 N–H and O–H groups in total. The molecule has 1 fully saturated rings. The van der Waals surface area contributed by atoms with Crippen LogP contribution in [0.2, 0.25) is 0 Å². The van der Waals surface area contributed by atoms with Gasteiger partial charge in [0, 0.05) is 32.7 Å². The number of nitrogens with one attached hydrogen (secondary N) is 1. The lowest BCUT2D eigenvalue weighted by atomic mass is 10.2. The molecule has 1 saturated heterocycles. The van der Waals surface area contributed by atoms with Crippen molar-refractivity contribution in [3.05, 3.63) is 30.1 Å². The van der Waals surface area contributed by atoms with Crippen molar-refractivity contribution in [2.75, 3.05) is 32.7 Å². The molecular weight excluding hydrogens is 507 g/mol. The van der Waals surface area contributed by atoms with E-state index < -0.39 is 5.60 Å². The summed E-state index contributed by atoms with van der Waals surface area (Å²) in [5.74, 6) is 2.00. The van der Waals surface area contributed by atoms with Crippen LogP contribution < -0.4 is 5.32 Å². The fourth-order valence-corrected chi connectivity index (χ4v) is 4.14. The normalized spacial score (nSPS) is 18.5. The average molecular weight is 540 g/mol. The van der Waals surface area contributed by atoms with Crippen molar-refractivity contribution in [2.24, 2.45) is 4.99 Å². The Morgan fingerprint density at radius 3 is 2.81 bits per heavy atom. The van der Waals surface area contributed by atoms with Gasteiger partial charge >= 0.3 is 6.09 Å². The first-order valence-electron chi connectivity index (χ1n) is 10.8. The Kier molecular flexibility index (Phi) is 7.33. The first kappa shape index (κ1) is 23.6. The molecule has 1 amide bonds. The number of hydrogen-bond donors (Lipinski definition) is 1. The molecule has 0 saturated carbocycles. The van der Waals surface area contributed by atoms with E-state index in [9.17, 15) is 4.79 Å². The number of piperazine rings is 1. The Morgan fingerprint density at radius 1 is 1.26 bits per heavy atom. The van der Waals surface area contributed by atoms with Crippen LogP contribution in [0.15, 0.2) is 29.3 Å². The summed E-state index contributed by atoms with van der Waals surface area (Å²) in [4.78, 5) is 25.8. The first-order chi connectivity index (χ1) is 14.3. The van der Waals surface area contributed by atoms with Crippen molar-refractivity contribution in [1.82, 2.24) is 24.7 Å². The molecule has 3 heterocycles. The van der Waals surface area contributed by atoms with Crippen LogP contribution in [0.5, 0.6) is 0 Å². The number of hydrogen-bond acceptors (Lipinski definition) is 6. The minimum Gasteiger partial charge on any atom is -0.444 e. The molecule has 2 aliphatic heterocycles. The Morgan fingerprint density at radius 2 is 2.03 bits per heavy atom. The molecule has 4 rings (SSSR count). The second-order valence-electron chi connectivity index (χ2n) is 9.02. The molecule has 1 aromatic carbocycles. The topological polar surface area (TPSA) is 75.0 Å². The number of amides is 1. The lowest BCUT2D eigenvalue weighted by Gasteiger charge is -2.39. The quantitative estimate of drug-likeness (QED) is 0.477. The zero-order valence-electron chi connectivity index (χ0n) is 18.8. The van der Waals surface area contributed by atoms with Gasteiger partial charge in [0.1, 0.15) is 11.4 Å². The summed E-state index contributed by atoms with van der Waals surface area (Å²) in [7, 11) is 0. The number of aromatic nitrogens is 2. The SMILES string of the molecule is Cc1nc2ccccc2n1CCCNC1=NCC2CN(C(=O)OC(C)(C)C)CCN12.I. The van der Waals surface area contributed by atoms with Crippen LogP contribution in [0.3, 0.4) is 0 Å². The summed E-state index contributed by atoms with van der Waals surface area (Å²) >= 11 is 0. The molecule has 1 aromatic heterocycles. The van der Waals surface area contributed by atoms with Crippen molar-refractivity contribution in [3.63, 3.8) is 0 Å². The van der Waals surface area contributed by atoms with E-state index in [0.29, 0.717) is 19.6 Å². The number of carbonyl (C=O) groups is 1. The van der Waals surface area contributed by atoms with E-state index in [4.69, 9.17) is 4.74 Å². The number of para-hydroxylation sites is 2. The van der Waals surface area contributed by atoms with Crippen LogP contribution in [0, 0.1) is 6.92 Å². The van der Waals surface area contributed by atoms with Crippen molar-refractivity contribution in [3.8, 4) is 0 Å². The largest absolute Gasteiger partial charge is 0.444 e. The first-order valence-corrected chi connectivity index (χ1v) is 10.8. The minimum absolute atomic E-state index is 0. The van der Waals surface area contributed by atoms with Gasteiger partial charge in [-0.05, 0) is 46.2 Å². The summed E-state index contributed by atoms with van der Waals surface area (Å²) in [5, 5.41) is 3.50. The zero-order chi connectivity index (χ0) is 21.3. The van der Waals surface area contributed by atoms with E-state index in [1.165, 1.54) is 5.52 Å². The van der Waals surface area contributed by atoms with Gasteiger partial charge in [0.05, 0.1) is 23.6 Å². The van der Waals surface area contributed by atoms with Gasteiger partial charge in [0.2, 0.25) is 0 Å². The number of nitrogens with zero attached hydrogens (tertiary/aromatic N) is 5. The highest BCUT2D eigenvalue weighted by Crippen LogP contribution is 2.19. The van der Waals surface area contributed by atoms with Gasteiger partial charge in [-0.2, -0.15) is 0 Å². The van der Waals surface area contributed by atoms with Crippen molar-refractivity contribution in [1.29, 1.82) is 0 Å². The Labute approximate surface area is 201 Å². The number of carbonyl (C=O) groups excluding carboxylic acids is 1. The monoisotopic (exact) mass is 540 g/mol. The van der Waals surface area contributed by atoms with Gasteiger partial charge in [-0.1, -0.05) is 12.1 Å². The number of rotatable bonds is 4. The third-order valence-electron chi connectivity index (χ3n) is 5.55. The third-order valence-corrected chi connectivity index (χ3v) is 5.55. The molecule has 8 nitrogen and oxygen atoms in total. The van der Waals surface area contributed by atoms with E-state index in [0.717, 1.165) is 43.4 Å². The molecule has 1 atom stereocenters. The standard InChI is InChI=1S/C22H32N6O2.HI/c1-16-25-18-8-5-6-9-19(18)27(16)11-7-10-23-20-24-14-17-15-26(12-13-28(17)20)21(29)30-22(2,3)4;/h5-6,8-9,17H,7,10-15H2,1-4H3,(H,23,24);1H. The van der Waals surface area contributed by atoms with Gasteiger partial charge in [0.15, 0.2) is 5.96 Å². The number of imidazole rings is 1. The maximum Gasteiger partial charge on any atom is 0.410 e. The Hall–Kier alpha value is -2.04. The second kappa shape index (κ2) is 9.62. The maximum atomic E-state index is 12.4. The summed E-state index contributed by atoms with van der Waals surface area (Å²) in [6, 6.07) is 8.49. The second-order valence-corrected chi connectivity index (χ2v) is 9.02. The van der Waals surface area contributed by atoms with E-state index in [-0.39, 0.29) is 36.1 Å². The Balaban J connectivity index is 0.00000272. The smallest absolute Gasteiger partial charge is 0.410 e. The minimum atomic E-state index is -0.466. The van der Waals surface area contributed by atoms with E-state index in [1.54, 1.807) is 4.90 Å². The molecule has 0 aliphatic carbocycles. The van der Waals surface area contributed by atoms with E-state index in [1.807, 2.05) is 26.8 Å². The van der Waals surface area contributed by atoms with E-state index >= 15 is 0 Å². The van der Waals surface area contributed by atoms with Gasteiger partial charge in [-0.15, -0.1) is 24.0 Å².